The lowest BCUT2D eigenvalue weighted by Crippen LogP contribution is -2.58. The van der Waals surface area contributed by atoms with Gasteiger partial charge in [-0.25, -0.2) is 4.57 Å². The number of rotatable bonds is 6. The summed E-state index contributed by atoms with van der Waals surface area (Å²) in [6.45, 7) is -0.116. The first-order chi connectivity index (χ1) is 10.9. The number of nitrogens with zero attached hydrogens (tertiary/aromatic N) is 3. The molecule has 1 aliphatic rings. The van der Waals surface area contributed by atoms with Crippen LogP contribution in [-0.2, 0) is 9.47 Å². The van der Waals surface area contributed by atoms with Gasteiger partial charge in [0.1, 0.15) is 36.8 Å². The quantitative estimate of drug-likeness (QED) is 0.264. The maximum atomic E-state index is 10.6. The van der Waals surface area contributed by atoms with Crippen molar-refractivity contribution >= 4 is 12.1 Å². The van der Waals surface area contributed by atoms with Gasteiger partial charge in [-0.15, -0.1) is 0 Å². The maximum Gasteiger partial charge on any atom is 0.439 e. The summed E-state index contributed by atoms with van der Waals surface area (Å²) >= 11 is 0. The Bertz CT molecular complexity index is 562. The third-order valence-corrected chi connectivity index (χ3v) is 3.26. The van der Waals surface area contributed by atoms with Crippen LogP contribution in [0.5, 0.6) is 0 Å². The van der Waals surface area contributed by atoms with Gasteiger partial charge in [-0.05, 0) is 11.0 Å². The summed E-state index contributed by atoms with van der Waals surface area (Å²) in [5.41, 5.74) is 0. The molecule has 11 heteroatoms. The smallest absolute Gasteiger partial charge is 0.390 e. The zero-order valence-corrected chi connectivity index (χ0v) is 11.9. The van der Waals surface area contributed by atoms with E-state index in [1.807, 2.05) is 0 Å². The van der Waals surface area contributed by atoms with Gasteiger partial charge in [0.15, 0.2) is 6.29 Å². The van der Waals surface area contributed by atoms with E-state index in [0.717, 1.165) is 0 Å². The van der Waals surface area contributed by atoms with Crippen LogP contribution >= 0.6 is 0 Å². The van der Waals surface area contributed by atoms with E-state index in [1.54, 1.807) is 0 Å². The van der Waals surface area contributed by atoms with Crippen LogP contribution in [0, 0.1) is 10.1 Å². The summed E-state index contributed by atoms with van der Waals surface area (Å²) in [4.78, 5) is 13.6. The summed E-state index contributed by atoms with van der Waals surface area (Å²) in [7, 11) is 0. The molecule has 0 spiro atoms. The Hall–Kier alpha value is -1.89. The lowest BCUT2D eigenvalue weighted by Gasteiger charge is -2.38. The van der Waals surface area contributed by atoms with E-state index in [-0.39, 0.29) is 19.2 Å². The number of hydrogen-bond donors (Lipinski definition) is 4. The van der Waals surface area contributed by atoms with Crippen LogP contribution in [0.3, 0.4) is 0 Å². The van der Waals surface area contributed by atoms with Crippen LogP contribution in [0.25, 0.3) is 6.20 Å². The molecule has 1 saturated heterocycles. The van der Waals surface area contributed by atoms with Crippen molar-refractivity contribution in [3.05, 3.63) is 28.6 Å². The van der Waals surface area contributed by atoms with Crippen molar-refractivity contribution in [3.63, 3.8) is 0 Å². The molecule has 0 saturated carbocycles. The van der Waals surface area contributed by atoms with Crippen LogP contribution < -0.4 is 0 Å². The van der Waals surface area contributed by atoms with Crippen molar-refractivity contribution in [1.29, 1.82) is 0 Å². The highest BCUT2D eigenvalue weighted by molar-refractivity contribution is 5.30. The fraction of sp³-hybridized carbons (Fsp3) is 0.583. The first-order valence-corrected chi connectivity index (χ1v) is 6.71. The summed E-state index contributed by atoms with van der Waals surface area (Å²) < 4.78 is 11.3. The van der Waals surface area contributed by atoms with E-state index in [9.17, 15) is 30.5 Å². The number of imidazole rings is 1. The molecule has 1 fully saturated rings. The van der Waals surface area contributed by atoms with E-state index in [4.69, 9.17) is 9.47 Å². The Kier molecular flexibility index (Phi) is 5.76. The summed E-state index contributed by atoms with van der Waals surface area (Å²) in [6, 6.07) is 0. The van der Waals surface area contributed by atoms with Gasteiger partial charge < -0.3 is 40.0 Å². The van der Waals surface area contributed by atoms with Crippen molar-refractivity contribution in [1.82, 2.24) is 9.55 Å². The van der Waals surface area contributed by atoms with Crippen molar-refractivity contribution in [2.24, 2.45) is 0 Å². The average molecular weight is 331 g/mol. The highest BCUT2D eigenvalue weighted by atomic mass is 16.6. The van der Waals surface area contributed by atoms with E-state index in [0.29, 0.717) is 0 Å². The van der Waals surface area contributed by atoms with Crippen LogP contribution in [-0.4, -0.2) is 78.8 Å². The SMILES string of the molecule is O=[N+]([O-])c1nccn1C=CCOC[C@H]1OC(O)[C@H](O)[C@@H](O)[C@@H]1O. The number of nitro groups is 1. The predicted octanol–water partition coefficient (Wildman–Crippen LogP) is -1.92. The van der Waals surface area contributed by atoms with Crippen LogP contribution in [0.4, 0.5) is 5.95 Å². The second kappa shape index (κ2) is 7.59. The van der Waals surface area contributed by atoms with Gasteiger partial charge in [0.05, 0.1) is 19.4 Å². The third-order valence-electron chi connectivity index (χ3n) is 3.26. The Morgan fingerprint density at radius 1 is 1.35 bits per heavy atom. The molecule has 1 unspecified atom stereocenters. The summed E-state index contributed by atoms with van der Waals surface area (Å²) in [6.07, 6.45) is -1.64. The molecule has 2 heterocycles. The largest absolute Gasteiger partial charge is 0.439 e. The number of aromatic nitrogens is 2. The molecule has 4 N–H and O–H groups in total. The third kappa shape index (κ3) is 4.10. The van der Waals surface area contributed by atoms with Gasteiger partial charge in [-0.1, -0.05) is 4.98 Å². The van der Waals surface area contributed by atoms with Crippen molar-refractivity contribution in [3.8, 4) is 0 Å². The fourth-order valence-corrected chi connectivity index (χ4v) is 2.04. The Labute approximate surface area is 130 Å². The molecule has 0 aliphatic carbocycles. The van der Waals surface area contributed by atoms with Gasteiger partial charge in [0.2, 0.25) is 0 Å². The number of aliphatic hydroxyl groups excluding tert-OH is 4. The zero-order valence-electron chi connectivity index (χ0n) is 11.9. The molecule has 0 radical (unpaired) electrons. The van der Waals surface area contributed by atoms with Crippen LogP contribution in [0.15, 0.2) is 18.5 Å². The first kappa shape index (κ1) is 17.5. The molecule has 128 valence electrons. The molecule has 2 rings (SSSR count). The molecule has 5 atom stereocenters. The van der Waals surface area contributed by atoms with Crippen molar-refractivity contribution < 1.29 is 34.8 Å². The minimum Gasteiger partial charge on any atom is -0.390 e. The molecule has 1 aliphatic heterocycles. The molecule has 11 nitrogen and oxygen atoms in total. The predicted molar refractivity (Wildman–Crippen MR) is 73.9 cm³/mol. The minimum atomic E-state index is -1.62. The van der Waals surface area contributed by atoms with Crippen molar-refractivity contribution in [2.45, 2.75) is 30.7 Å². The van der Waals surface area contributed by atoms with Crippen LogP contribution in [0.2, 0.25) is 0 Å². The zero-order chi connectivity index (χ0) is 17.0. The Morgan fingerprint density at radius 2 is 2.09 bits per heavy atom. The van der Waals surface area contributed by atoms with Gasteiger partial charge in [0, 0.05) is 0 Å². The molecule has 23 heavy (non-hydrogen) atoms. The first-order valence-electron chi connectivity index (χ1n) is 6.71. The number of aliphatic hydroxyl groups is 4. The highest BCUT2D eigenvalue weighted by Crippen LogP contribution is 2.20. The lowest BCUT2D eigenvalue weighted by molar-refractivity contribution is -0.395. The van der Waals surface area contributed by atoms with Crippen molar-refractivity contribution in [2.75, 3.05) is 13.2 Å². The number of hydrogen-bond acceptors (Lipinski definition) is 9. The van der Waals surface area contributed by atoms with E-state index < -0.39 is 35.6 Å². The highest BCUT2D eigenvalue weighted by Gasteiger charge is 2.42. The number of ether oxygens (including phenoxy) is 2. The molecular formula is C12H17N3O8. The van der Waals surface area contributed by atoms with E-state index >= 15 is 0 Å². The second-order valence-electron chi connectivity index (χ2n) is 4.85. The topological polar surface area (TPSA) is 160 Å². The van der Waals surface area contributed by atoms with Gasteiger partial charge in [-0.2, -0.15) is 0 Å². The van der Waals surface area contributed by atoms with Crippen LogP contribution in [0.1, 0.15) is 0 Å². The normalized spacial score (nSPS) is 31.6. The summed E-state index contributed by atoms with van der Waals surface area (Å²) in [5.74, 6) is -0.340. The monoisotopic (exact) mass is 331 g/mol. The molecule has 0 amide bonds. The van der Waals surface area contributed by atoms with Gasteiger partial charge in [-0.3, -0.25) is 0 Å². The Morgan fingerprint density at radius 3 is 2.78 bits per heavy atom. The standard InChI is InChI=1S/C12H17N3O8/c16-8-7(23-11(19)10(18)9(8)17)6-22-5-1-3-14-4-2-13-12(14)15(20)21/h1-4,7-11,16-19H,5-6H2/t7-,8-,9+,10-,11?/m1/s1. The summed E-state index contributed by atoms with van der Waals surface area (Å²) in [5, 5.41) is 48.5. The Balaban J connectivity index is 1.80. The lowest BCUT2D eigenvalue weighted by atomic mass is 9.99. The second-order valence-corrected chi connectivity index (χ2v) is 4.85. The van der Waals surface area contributed by atoms with Gasteiger partial charge >= 0.3 is 5.95 Å². The van der Waals surface area contributed by atoms with Gasteiger partial charge in [0.25, 0.3) is 0 Å². The molecular weight excluding hydrogens is 314 g/mol. The minimum absolute atomic E-state index is 0.0384. The molecule has 0 aromatic carbocycles. The van der Waals surface area contributed by atoms with E-state index in [2.05, 4.69) is 4.98 Å². The maximum absolute atomic E-state index is 10.6. The average Bonchev–Trinajstić information content (AvgIpc) is 2.98. The molecule has 1 aromatic heterocycles. The van der Waals surface area contributed by atoms with E-state index in [1.165, 1.54) is 29.2 Å². The molecule has 1 aromatic rings. The fourth-order valence-electron chi connectivity index (χ4n) is 2.04. The molecule has 0 bridgehead atoms.